The number of hydrogen-bond acceptors (Lipinski definition) is 6. The zero-order valence-electron chi connectivity index (χ0n) is 22.0. The van der Waals surface area contributed by atoms with Gasteiger partial charge in [-0.1, -0.05) is 25.1 Å². The van der Waals surface area contributed by atoms with E-state index in [0.717, 1.165) is 71.8 Å². The van der Waals surface area contributed by atoms with Crippen molar-refractivity contribution in [3.63, 3.8) is 0 Å². The third kappa shape index (κ3) is 6.25. The van der Waals surface area contributed by atoms with E-state index in [1.54, 1.807) is 0 Å². The summed E-state index contributed by atoms with van der Waals surface area (Å²) in [6.45, 7) is 5.64. The lowest BCUT2D eigenvalue weighted by atomic mass is 10.1. The van der Waals surface area contributed by atoms with Crippen molar-refractivity contribution in [1.29, 1.82) is 0 Å². The van der Waals surface area contributed by atoms with Gasteiger partial charge in [0.25, 0.3) is 0 Å². The molecule has 1 aromatic heterocycles. The number of carbonyl (C=O) groups excluding carboxylic acids is 2. The molecular weight excluding hydrogens is 498 g/mol. The highest BCUT2D eigenvalue weighted by Crippen LogP contribution is 2.39. The van der Waals surface area contributed by atoms with E-state index in [1.165, 1.54) is 16.9 Å². The highest BCUT2D eigenvalue weighted by atomic mass is 32.1. The molecule has 1 fully saturated rings. The summed E-state index contributed by atoms with van der Waals surface area (Å²) < 4.78 is 5.85. The molecule has 0 saturated heterocycles. The normalized spacial score (nSPS) is 15.3. The van der Waals surface area contributed by atoms with Gasteiger partial charge >= 0.3 is 0 Å². The van der Waals surface area contributed by atoms with Crippen molar-refractivity contribution in [1.82, 2.24) is 4.98 Å². The number of aliphatic hydroxyl groups excluding tert-OH is 1. The number of ether oxygens (including phenoxy) is 1. The van der Waals surface area contributed by atoms with Gasteiger partial charge in [0.15, 0.2) is 5.13 Å². The molecule has 1 saturated carbocycles. The molecule has 1 aliphatic carbocycles. The summed E-state index contributed by atoms with van der Waals surface area (Å²) in [6.07, 6.45) is 4.76. The highest BCUT2D eigenvalue weighted by molar-refractivity contribution is 7.16. The van der Waals surface area contributed by atoms with Gasteiger partial charge in [0.1, 0.15) is 5.75 Å². The predicted molar refractivity (Wildman–Crippen MR) is 151 cm³/mol. The maximum absolute atomic E-state index is 12.8. The first-order valence-corrected chi connectivity index (χ1v) is 14.3. The van der Waals surface area contributed by atoms with E-state index in [4.69, 9.17) is 14.8 Å². The molecule has 200 valence electrons. The standard InChI is InChI=1S/C30H35N3O4S/c1-19(11-14-34)12-15-37-25-5-3-4-21(16-25)17-27(35)31-30-32-28(20(2)38-30)24-8-9-26-23(18-24)10-13-33(26)29(36)22-6-7-22/h3-5,8-9,16,18-19,22,34H,6-7,10-15,17H2,1-2H3,(H,31,32,35). The van der Waals surface area contributed by atoms with Crippen LogP contribution in [0.3, 0.4) is 0 Å². The van der Waals surface area contributed by atoms with Crippen molar-refractivity contribution in [3.05, 3.63) is 58.5 Å². The molecule has 0 radical (unpaired) electrons. The molecule has 1 atom stereocenters. The molecule has 0 spiro atoms. The Bertz CT molecular complexity index is 1320. The number of nitrogens with zero attached hydrogens (tertiary/aromatic N) is 2. The minimum atomic E-state index is -0.123. The number of carbonyl (C=O) groups is 2. The number of aromatic nitrogens is 1. The Hall–Kier alpha value is -3.23. The molecule has 2 heterocycles. The maximum Gasteiger partial charge on any atom is 0.230 e. The molecule has 2 amide bonds. The zero-order chi connectivity index (χ0) is 26.6. The van der Waals surface area contributed by atoms with Crippen LogP contribution in [-0.4, -0.2) is 41.7 Å². The van der Waals surface area contributed by atoms with Crippen LogP contribution in [0.4, 0.5) is 10.8 Å². The second-order valence-electron chi connectivity index (χ2n) is 10.4. The zero-order valence-corrected chi connectivity index (χ0v) is 22.9. The molecular formula is C30H35N3O4S. The molecule has 1 unspecified atom stereocenters. The monoisotopic (exact) mass is 533 g/mol. The van der Waals surface area contributed by atoms with Gasteiger partial charge in [0.05, 0.1) is 18.7 Å². The lowest BCUT2D eigenvalue weighted by Crippen LogP contribution is -2.30. The molecule has 38 heavy (non-hydrogen) atoms. The number of fused-ring (bicyclic) bond motifs is 1. The van der Waals surface area contributed by atoms with E-state index in [2.05, 4.69) is 18.3 Å². The fourth-order valence-electron chi connectivity index (χ4n) is 4.88. The summed E-state index contributed by atoms with van der Waals surface area (Å²) in [5.74, 6) is 1.50. The minimum absolute atomic E-state index is 0.123. The van der Waals surface area contributed by atoms with E-state index < -0.39 is 0 Å². The number of amides is 2. The third-order valence-corrected chi connectivity index (χ3v) is 8.13. The Labute approximate surface area is 227 Å². The Morgan fingerprint density at radius 1 is 1.21 bits per heavy atom. The van der Waals surface area contributed by atoms with Crippen LogP contribution < -0.4 is 15.0 Å². The Morgan fingerprint density at radius 2 is 2.05 bits per heavy atom. The Morgan fingerprint density at radius 3 is 2.84 bits per heavy atom. The van der Waals surface area contributed by atoms with Gasteiger partial charge in [-0.25, -0.2) is 4.98 Å². The van der Waals surface area contributed by atoms with E-state index in [9.17, 15) is 9.59 Å². The fourth-order valence-corrected chi connectivity index (χ4v) is 5.74. The molecule has 7 nitrogen and oxygen atoms in total. The van der Waals surface area contributed by atoms with Crippen molar-refractivity contribution in [2.75, 3.05) is 30.0 Å². The topological polar surface area (TPSA) is 91.8 Å². The number of aryl methyl sites for hydroxylation is 1. The van der Waals surface area contributed by atoms with E-state index in [0.29, 0.717) is 17.7 Å². The quantitative estimate of drug-likeness (QED) is 0.345. The minimum Gasteiger partial charge on any atom is -0.494 e. The number of nitrogens with one attached hydrogen (secondary N) is 1. The van der Waals surface area contributed by atoms with Crippen molar-refractivity contribution < 1.29 is 19.4 Å². The number of thiazole rings is 1. The van der Waals surface area contributed by atoms with E-state index in [-0.39, 0.29) is 30.8 Å². The number of hydrogen-bond donors (Lipinski definition) is 2. The first kappa shape index (κ1) is 26.4. The van der Waals surface area contributed by atoms with Gasteiger partial charge in [-0.15, -0.1) is 11.3 Å². The van der Waals surface area contributed by atoms with Crippen molar-refractivity contribution in [2.24, 2.45) is 11.8 Å². The first-order chi connectivity index (χ1) is 18.4. The van der Waals surface area contributed by atoms with Crippen LogP contribution in [0.5, 0.6) is 5.75 Å². The maximum atomic E-state index is 12.8. The summed E-state index contributed by atoms with van der Waals surface area (Å²) >= 11 is 1.47. The molecule has 3 aromatic rings. The van der Waals surface area contributed by atoms with Gasteiger partial charge in [0.2, 0.25) is 11.8 Å². The largest absolute Gasteiger partial charge is 0.494 e. The highest BCUT2D eigenvalue weighted by Gasteiger charge is 2.36. The average molecular weight is 534 g/mol. The van der Waals surface area contributed by atoms with Crippen LogP contribution in [0.1, 0.15) is 48.6 Å². The van der Waals surface area contributed by atoms with Crippen molar-refractivity contribution in [2.45, 2.75) is 52.4 Å². The second kappa shape index (κ2) is 11.7. The van der Waals surface area contributed by atoms with Gasteiger partial charge in [-0.3, -0.25) is 9.59 Å². The summed E-state index contributed by atoms with van der Waals surface area (Å²) in [5, 5.41) is 12.6. The van der Waals surface area contributed by atoms with Gasteiger partial charge in [0, 0.05) is 35.2 Å². The summed E-state index contributed by atoms with van der Waals surface area (Å²) in [6, 6.07) is 13.8. The lowest BCUT2D eigenvalue weighted by Gasteiger charge is -2.17. The number of rotatable bonds is 11. The van der Waals surface area contributed by atoms with E-state index in [1.807, 2.05) is 48.2 Å². The molecule has 8 heteroatoms. The molecule has 1 aliphatic heterocycles. The van der Waals surface area contributed by atoms with Crippen molar-refractivity contribution in [3.8, 4) is 17.0 Å². The van der Waals surface area contributed by atoms with Crippen LogP contribution in [0, 0.1) is 18.8 Å². The molecule has 5 rings (SSSR count). The Kier molecular flexibility index (Phi) is 8.09. The summed E-state index contributed by atoms with van der Waals surface area (Å²) in [4.78, 5) is 33.1. The van der Waals surface area contributed by atoms with Crippen LogP contribution in [-0.2, 0) is 22.4 Å². The molecule has 2 N–H and O–H groups in total. The number of benzene rings is 2. The average Bonchev–Trinajstić information content (AvgIpc) is 3.56. The predicted octanol–water partition coefficient (Wildman–Crippen LogP) is 5.39. The Balaban J connectivity index is 1.19. The molecule has 0 bridgehead atoms. The SMILES string of the molecule is Cc1sc(NC(=O)Cc2cccc(OCCC(C)CCO)c2)nc1-c1ccc2c(c1)CCN2C(=O)C1CC1. The van der Waals surface area contributed by atoms with Crippen LogP contribution in [0.15, 0.2) is 42.5 Å². The third-order valence-electron chi connectivity index (χ3n) is 7.25. The fraction of sp³-hybridized carbons (Fsp3) is 0.433. The summed E-state index contributed by atoms with van der Waals surface area (Å²) in [7, 11) is 0. The van der Waals surface area contributed by atoms with Gasteiger partial charge < -0.3 is 20.1 Å². The first-order valence-electron chi connectivity index (χ1n) is 13.5. The van der Waals surface area contributed by atoms with Crippen LogP contribution in [0.2, 0.25) is 0 Å². The van der Waals surface area contributed by atoms with E-state index >= 15 is 0 Å². The van der Waals surface area contributed by atoms with Gasteiger partial charge in [-0.2, -0.15) is 0 Å². The van der Waals surface area contributed by atoms with Crippen molar-refractivity contribution >= 4 is 34.0 Å². The van der Waals surface area contributed by atoms with Crippen LogP contribution in [0.25, 0.3) is 11.3 Å². The smallest absolute Gasteiger partial charge is 0.230 e. The van der Waals surface area contributed by atoms with Crippen LogP contribution >= 0.6 is 11.3 Å². The summed E-state index contributed by atoms with van der Waals surface area (Å²) in [5.41, 5.74) is 4.96. The number of anilines is 2. The molecule has 2 aliphatic rings. The second-order valence-corrected chi connectivity index (χ2v) is 11.6. The number of aliphatic hydroxyl groups is 1. The lowest BCUT2D eigenvalue weighted by molar-refractivity contribution is -0.119. The van der Waals surface area contributed by atoms with Gasteiger partial charge in [-0.05, 0) is 80.3 Å². The molecule has 2 aromatic carbocycles.